The minimum Gasteiger partial charge on any atom is -0.507 e. The molecule has 4 aromatic heterocycles. The number of benzene rings is 2. The summed E-state index contributed by atoms with van der Waals surface area (Å²) >= 11 is 0. The largest absolute Gasteiger partial charge is 0.507 e. The van der Waals surface area contributed by atoms with Crippen LogP contribution >= 0.6 is 0 Å². The van der Waals surface area contributed by atoms with Crippen molar-refractivity contribution in [2.75, 3.05) is 0 Å². The number of carbonyl (C=O) groups excluding carboxylic acids is 1. The summed E-state index contributed by atoms with van der Waals surface area (Å²) in [6.45, 7) is 5.06. The molecular weight excluding hydrogens is 600 g/mol. The van der Waals surface area contributed by atoms with Crippen LogP contribution in [0.4, 0.5) is 0 Å². The van der Waals surface area contributed by atoms with Gasteiger partial charge in [-0.2, -0.15) is 5.10 Å². The van der Waals surface area contributed by atoms with Crippen LogP contribution in [0.5, 0.6) is 17.2 Å². The van der Waals surface area contributed by atoms with E-state index in [9.17, 15) is 24.6 Å². The van der Waals surface area contributed by atoms with Gasteiger partial charge in [0.05, 0.1) is 51.4 Å². The van der Waals surface area contributed by atoms with Crippen molar-refractivity contribution in [1.29, 1.82) is 0 Å². The number of aromatic nitrogens is 6. The molecule has 3 N–H and O–H groups in total. The fourth-order valence-electron chi connectivity index (χ4n) is 6.58. The summed E-state index contributed by atoms with van der Waals surface area (Å²) in [5, 5.41) is 27.8. The van der Waals surface area contributed by atoms with Gasteiger partial charge in [0, 0.05) is 24.0 Å². The van der Waals surface area contributed by atoms with E-state index in [0.717, 1.165) is 11.3 Å². The number of rotatable bonds is 4. The van der Waals surface area contributed by atoms with Gasteiger partial charge in [-0.1, -0.05) is 18.2 Å². The van der Waals surface area contributed by atoms with Gasteiger partial charge in [-0.3, -0.25) is 24.1 Å². The highest BCUT2D eigenvalue weighted by atomic mass is 16.5. The maximum absolute atomic E-state index is 14.5. The van der Waals surface area contributed by atoms with Crippen LogP contribution in [-0.4, -0.2) is 45.3 Å². The molecule has 2 aliphatic rings. The Labute approximate surface area is 265 Å². The summed E-state index contributed by atoms with van der Waals surface area (Å²) in [4.78, 5) is 51.4. The molecule has 0 saturated heterocycles. The number of hydrogen-bond donors (Lipinski definition) is 3. The lowest BCUT2D eigenvalue weighted by Crippen LogP contribution is -2.36. The lowest BCUT2D eigenvalue weighted by Gasteiger charge is -2.27. The van der Waals surface area contributed by atoms with E-state index in [1.54, 1.807) is 49.1 Å². The number of aromatic amines is 1. The van der Waals surface area contributed by atoms with E-state index in [0.29, 0.717) is 17.0 Å². The van der Waals surface area contributed by atoms with E-state index in [1.165, 1.54) is 23.6 Å². The lowest BCUT2D eigenvalue weighted by atomic mass is 9.71. The third-order valence-corrected chi connectivity index (χ3v) is 9.08. The van der Waals surface area contributed by atoms with Crippen LogP contribution in [0.2, 0.25) is 0 Å². The number of para-hydroxylation sites is 1. The second-order valence-electron chi connectivity index (χ2n) is 11.8. The SMILES string of the molecule is Cc1nn(-c2ccccc2)c2c1C(=O)[C@@]1(C)C(=C2)Oc2c(-c3ccc4c(=O)[nH]c(=O)n(Cc5ccncc5)c4n3)c(O)c(C)c(O)c21. The average Bonchev–Trinajstić information content (AvgIpc) is 3.56. The summed E-state index contributed by atoms with van der Waals surface area (Å²) in [7, 11) is 0. The number of hydrogen-bond acceptors (Lipinski definition) is 9. The first-order valence-corrected chi connectivity index (χ1v) is 14.8. The first-order chi connectivity index (χ1) is 22.6. The molecule has 8 rings (SSSR count). The maximum atomic E-state index is 14.5. The van der Waals surface area contributed by atoms with E-state index in [-0.39, 0.29) is 68.8 Å². The molecule has 12 nitrogen and oxygen atoms in total. The number of aromatic hydroxyl groups is 2. The van der Waals surface area contributed by atoms with Gasteiger partial charge in [-0.15, -0.1) is 0 Å². The highest BCUT2D eigenvalue weighted by Crippen LogP contribution is 2.60. The van der Waals surface area contributed by atoms with Crippen LogP contribution in [0.3, 0.4) is 0 Å². The predicted molar refractivity (Wildman–Crippen MR) is 172 cm³/mol. The van der Waals surface area contributed by atoms with Crippen molar-refractivity contribution in [2.24, 2.45) is 0 Å². The lowest BCUT2D eigenvalue weighted by molar-refractivity contribution is 0.0905. The van der Waals surface area contributed by atoms with Crippen molar-refractivity contribution >= 4 is 22.9 Å². The van der Waals surface area contributed by atoms with Crippen molar-refractivity contribution in [3.63, 3.8) is 0 Å². The molecule has 232 valence electrons. The standard InChI is InChI=1S/C35H26N6O6/c1-17-28(42)26(22-10-9-21-32(37-22)40(34(46)38-33(21)45)16-19-11-13-36-14-12-19)30-27(29(17)43)35(3)24(47-30)15-23-25(31(35)44)18(2)39-41(23)20-7-5-4-6-8-20/h4-15,42-43H,16H2,1-3H3,(H,38,45,46)/t35-/m0/s1. The molecule has 0 saturated carbocycles. The van der Waals surface area contributed by atoms with Crippen LogP contribution in [0, 0.1) is 13.8 Å². The van der Waals surface area contributed by atoms with E-state index < -0.39 is 16.7 Å². The Morgan fingerprint density at radius 3 is 2.43 bits per heavy atom. The molecule has 0 amide bonds. The predicted octanol–water partition coefficient (Wildman–Crippen LogP) is 4.30. The maximum Gasteiger partial charge on any atom is 0.330 e. The van der Waals surface area contributed by atoms with Crippen LogP contribution in [0.25, 0.3) is 34.1 Å². The molecule has 1 aliphatic carbocycles. The highest BCUT2D eigenvalue weighted by molar-refractivity contribution is 6.14. The first kappa shape index (κ1) is 28.2. The van der Waals surface area contributed by atoms with Crippen LogP contribution in [0.15, 0.2) is 82.3 Å². The number of Topliss-reactive ketones (excluding diaryl/α,β-unsaturated/α-hetero) is 1. The van der Waals surface area contributed by atoms with E-state index in [1.807, 2.05) is 30.3 Å². The van der Waals surface area contributed by atoms with Crippen molar-refractivity contribution in [3.8, 4) is 34.2 Å². The Bertz CT molecular complexity index is 2480. The number of carbonyl (C=O) groups is 1. The minimum atomic E-state index is -1.45. The summed E-state index contributed by atoms with van der Waals surface area (Å²) in [5.41, 5.74) is 0.870. The summed E-state index contributed by atoms with van der Waals surface area (Å²) in [6.07, 6.45) is 4.93. The number of ketones is 1. The number of phenolic OH excluding ortho intramolecular Hbond substituents is 2. The van der Waals surface area contributed by atoms with Gasteiger partial charge < -0.3 is 14.9 Å². The molecule has 1 atom stereocenters. The van der Waals surface area contributed by atoms with Crippen molar-refractivity contribution in [3.05, 3.63) is 127 Å². The fraction of sp³-hybridized carbons (Fsp3) is 0.143. The fourth-order valence-corrected chi connectivity index (χ4v) is 6.58. The monoisotopic (exact) mass is 626 g/mol. The second kappa shape index (κ2) is 9.85. The Morgan fingerprint density at radius 1 is 0.936 bits per heavy atom. The number of aryl methyl sites for hydroxylation is 1. The van der Waals surface area contributed by atoms with Crippen molar-refractivity contribution < 1.29 is 19.7 Å². The molecule has 0 bridgehead atoms. The van der Waals surface area contributed by atoms with E-state index in [4.69, 9.17) is 9.72 Å². The summed E-state index contributed by atoms with van der Waals surface area (Å²) in [6, 6.07) is 15.9. The zero-order valence-corrected chi connectivity index (χ0v) is 25.4. The molecule has 0 spiro atoms. The average molecular weight is 627 g/mol. The number of nitrogens with one attached hydrogen (secondary N) is 1. The van der Waals surface area contributed by atoms with E-state index >= 15 is 0 Å². The zero-order chi connectivity index (χ0) is 32.8. The number of H-pyrrole nitrogens is 1. The van der Waals surface area contributed by atoms with Crippen molar-refractivity contribution in [1.82, 2.24) is 29.3 Å². The van der Waals surface area contributed by atoms with Gasteiger partial charge in [-0.25, -0.2) is 14.5 Å². The van der Waals surface area contributed by atoms with E-state index in [2.05, 4.69) is 15.1 Å². The second-order valence-corrected chi connectivity index (χ2v) is 11.8. The van der Waals surface area contributed by atoms with Gasteiger partial charge in [-0.05, 0) is 62.7 Å². The molecule has 0 radical (unpaired) electrons. The van der Waals surface area contributed by atoms with Gasteiger partial charge in [0.15, 0.2) is 11.4 Å². The molecule has 2 aromatic carbocycles. The van der Waals surface area contributed by atoms with Crippen molar-refractivity contribution in [2.45, 2.75) is 32.7 Å². The number of pyridine rings is 2. The smallest absolute Gasteiger partial charge is 0.330 e. The zero-order valence-electron chi connectivity index (χ0n) is 25.4. The van der Waals surface area contributed by atoms with Gasteiger partial charge in [0.1, 0.15) is 28.4 Å². The molecule has 0 fully saturated rings. The molecule has 6 aromatic rings. The minimum absolute atomic E-state index is 0.0504. The first-order valence-electron chi connectivity index (χ1n) is 14.8. The Hall–Kier alpha value is -6.30. The topological polar surface area (TPSA) is 165 Å². The van der Waals surface area contributed by atoms with Crippen LogP contribution < -0.4 is 16.0 Å². The normalized spacial score (nSPS) is 16.4. The third-order valence-electron chi connectivity index (χ3n) is 9.08. The summed E-state index contributed by atoms with van der Waals surface area (Å²) < 4.78 is 9.42. The molecule has 0 unspecified atom stereocenters. The van der Waals surface area contributed by atoms with Gasteiger partial charge in [0.25, 0.3) is 5.56 Å². The Morgan fingerprint density at radius 2 is 1.68 bits per heavy atom. The number of ether oxygens (including phenoxy) is 1. The van der Waals surface area contributed by atoms with Crippen LogP contribution in [0.1, 0.15) is 45.4 Å². The molecular formula is C35H26N6O6. The van der Waals surface area contributed by atoms with Gasteiger partial charge in [0.2, 0.25) is 0 Å². The number of nitrogens with zero attached hydrogens (tertiary/aromatic N) is 5. The number of fused-ring (bicyclic) bond motifs is 5. The molecule has 47 heavy (non-hydrogen) atoms. The Kier molecular flexibility index (Phi) is 5.91. The molecule has 1 aliphatic heterocycles. The number of phenols is 2. The Balaban J connectivity index is 1.35. The number of allylic oxidation sites excluding steroid dienone is 1. The quantitative estimate of drug-likeness (QED) is 0.259. The highest BCUT2D eigenvalue weighted by Gasteiger charge is 2.55. The third kappa shape index (κ3) is 3.87. The molecule has 12 heteroatoms. The molecule has 5 heterocycles. The summed E-state index contributed by atoms with van der Waals surface area (Å²) in [5.74, 6) is -0.631. The van der Waals surface area contributed by atoms with Gasteiger partial charge >= 0.3 is 5.69 Å². The van der Waals surface area contributed by atoms with Crippen LogP contribution in [-0.2, 0) is 12.0 Å².